The first-order valence-electron chi connectivity index (χ1n) is 4.53. The van der Waals surface area contributed by atoms with Crippen LogP contribution < -0.4 is 4.65 Å². The van der Waals surface area contributed by atoms with Crippen molar-refractivity contribution in [2.24, 2.45) is 0 Å². The van der Waals surface area contributed by atoms with E-state index in [1.807, 2.05) is 30.3 Å². The van der Waals surface area contributed by atoms with Crippen molar-refractivity contribution in [3.63, 3.8) is 0 Å². The van der Waals surface area contributed by atoms with Crippen LogP contribution in [0.2, 0.25) is 0 Å². The van der Waals surface area contributed by atoms with Crippen LogP contribution in [-0.4, -0.2) is 26.3 Å². The number of ether oxygens (including phenoxy) is 1. The van der Waals surface area contributed by atoms with Gasteiger partial charge in [0.2, 0.25) is 0 Å². The zero-order valence-electron chi connectivity index (χ0n) is 7.48. The van der Waals surface area contributed by atoms with Gasteiger partial charge >= 0.3 is 0 Å². The van der Waals surface area contributed by atoms with E-state index in [9.17, 15) is 5.21 Å². The van der Waals surface area contributed by atoms with Crippen molar-refractivity contribution in [2.45, 2.75) is 0 Å². The Balaban J connectivity index is 2.23. The lowest BCUT2D eigenvalue weighted by molar-refractivity contribution is 0.0615. The molecule has 0 amide bonds. The van der Waals surface area contributed by atoms with Crippen LogP contribution in [0.25, 0.3) is 0 Å². The first kappa shape index (κ1) is 8.69. The zero-order chi connectivity index (χ0) is 9.15. The summed E-state index contributed by atoms with van der Waals surface area (Å²) < 4.78 is 4.94. The molecule has 1 aliphatic heterocycles. The van der Waals surface area contributed by atoms with Crippen molar-refractivity contribution < 1.29 is 4.74 Å². The molecule has 13 heavy (non-hydrogen) atoms. The maximum atomic E-state index is 12.2. The van der Waals surface area contributed by atoms with Crippen LogP contribution in [0, 0.1) is 5.21 Å². The predicted octanol–water partition coefficient (Wildman–Crippen LogP) is 1.52. The standard InChI is InChI=1S/C10H13NO2/c12-11(6-8-13-9-7-11)10-4-2-1-3-5-10/h1-5H,6-9H2. The van der Waals surface area contributed by atoms with E-state index < -0.39 is 0 Å². The molecule has 3 nitrogen and oxygen atoms in total. The molecule has 70 valence electrons. The molecule has 2 rings (SSSR count). The van der Waals surface area contributed by atoms with Crippen molar-refractivity contribution in [1.82, 2.24) is 4.65 Å². The number of nitrogens with zero attached hydrogens (tertiary/aromatic N) is 1. The second kappa shape index (κ2) is 3.46. The fraction of sp³-hybridized carbons (Fsp3) is 0.400. The zero-order valence-corrected chi connectivity index (χ0v) is 7.48. The number of hydrogen-bond donors (Lipinski definition) is 0. The molecule has 1 aromatic rings. The van der Waals surface area contributed by atoms with Gasteiger partial charge in [0.25, 0.3) is 0 Å². The van der Waals surface area contributed by atoms with Crippen LogP contribution in [0.5, 0.6) is 0 Å². The molecule has 0 atom stereocenters. The maximum absolute atomic E-state index is 12.2. The molecule has 0 aliphatic carbocycles. The Morgan fingerprint density at radius 3 is 2.31 bits per heavy atom. The first-order chi connectivity index (χ1) is 6.31. The number of quaternary nitrogens is 1. The largest absolute Gasteiger partial charge is 0.627 e. The number of para-hydroxylation sites is 1. The number of benzene rings is 1. The Kier molecular flexibility index (Phi) is 2.31. The lowest BCUT2D eigenvalue weighted by atomic mass is 10.2. The smallest absolute Gasteiger partial charge is 0.132 e. The van der Waals surface area contributed by atoms with Crippen molar-refractivity contribution in [3.05, 3.63) is 35.5 Å². The van der Waals surface area contributed by atoms with Crippen molar-refractivity contribution in [2.75, 3.05) is 26.3 Å². The molecule has 3 heteroatoms. The van der Waals surface area contributed by atoms with E-state index in [0.717, 1.165) is 5.69 Å². The molecule has 0 radical (unpaired) electrons. The molecule has 0 unspecified atom stereocenters. The summed E-state index contributed by atoms with van der Waals surface area (Å²) in [4.78, 5) is 0. The van der Waals surface area contributed by atoms with Gasteiger partial charge < -0.3 is 14.6 Å². The van der Waals surface area contributed by atoms with Gasteiger partial charge in [-0.15, -0.1) is 0 Å². The third kappa shape index (κ3) is 1.72. The second-order valence-electron chi connectivity index (χ2n) is 3.28. The van der Waals surface area contributed by atoms with E-state index in [1.165, 1.54) is 0 Å². The quantitative estimate of drug-likeness (QED) is 0.483. The van der Waals surface area contributed by atoms with Gasteiger partial charge in [0.1, 0.15) is 18.8 Å². The minimum absolute atomic E-state index is 0.235. The normalized spacial score (nSPS) is 21.3. The molecule has 0 saturated carbocycles. The van der Waals surface area contributed by atoms with Crippen molar-refractivity contribution >= 4 is 5.69 Å². The average Bonchev–Trinajstić information content (AvgIpc) is 2.20. The van der Waals surface area contributed by atoms with E-state index in [2.05, 4.69) is 0 Å². The van der Waals surface area contributed by atoms with Gasteiger partial charge in [0, 0.05) is 0 Å². The number of hydrogen-bond acceptors (Lipinski definition) is 2. The molecule has 1 aromatic carbocycles. The van der Waals surface area contributed by atoms with E-state index in [0.29, 0.717) is 26.3 Å². The molecule has 1 aliphatic rings. The molecule has 1 fully saturated rings. The van der Waals surface area contributed by atoms with Crippen LogP contribution in [-0.2, 0) is 4.74 Å². The second-order valence-corrected chi connectivity index (χ2v) is 3.28. The SMILES string of the molecule is [O-][N+]1(c2ccccc2)CCOCC1. The minimum atomic E-state index is -0.235. The summed E-state index contributed by atoms with van der Waals surface area (Å²) in [5, 5.41) is 12.2. The summed E-state index contributed by atoms with van der Waals surface area (Å²) in [6, 6.07) is 9.51. The Bertz CT molecular complexity index is 268. The Morgan fingerprint density at radius 2 is 1.69 bits per heavy atom. The topological polar surface area (TPSA) is 32.3 Å². The predicted molar refractivity (Wildman–Crippen MR) is 52.2 cm³/mol. The van der Waals surface area contributed by atoms with Crippen molar-refractivity contribution in [1.29, 1.82) is 0 Å². The first-order valence-corrected chi connectivity index (χ1v) is 4.53. The van der Waals surface area contributed by atoms with Gasteiger partial charge in [0.15, 0.2) is 0 Å². The van der Waals surface area contributed by atoms with Crippen molar-refractivity contribution in [3.8, 4) is 0 Å². The fourth-order valence-electron chi connectivity index (χ4n) is 1.60. The van der Waals surface area contributed by atoms with Gasteiger partial charge in [-0.1, -0.05) is 18.2 Å². The van der Waals surface area contributed by atoms with E-state index in [1.54, 1.807) is 0 Å². The molecule has 1 saturated heterocycles. The summed E-state index contributed by atoms with van der Waals surface area (Å²) >= 11 is 0. The van der Waals surface area contributed by atoms with E-state index in [4.69, 9.17) is 4.74 Å². The minimum Gasteiger partial charge on any atom is -0.627 e. The third-order valence-electron chi connectivity index (χ3n) is 2.42. The van der Waals surface area contributed by atoms with Crippen LogP contribution in [0.1, 0.15) is 0 Å². The summed E-state index contributed by atoms with van der Waals surface area (Å²) in [6.45, 7) is 2.20. The summed E-state index contributed by atoms with van der Waals surface area (Å²) in [6.07, 6.45) is 0. The van der Waals surface area contributed by atoms with Gasteiger partial charge in [-0.2, -0.15) is 0 Å². The van der Waals surface area contributed by atoms with E-state index >= 15 is 0 Å². The van der Waals surface area contributed by atoms with Gasteiger partial charge in [0.05, 0.1) is 13.2 Å². The van der Waals surface area contributed by atoms with Gasteiger partial charge in [-0.25, -0.2) is 0 Å². The lowest BCUT2D eigenvalue weighted by Gasteiger charge is -2.44. The highest BCUT2D eigenvalue weighted by atomic mass is 16.6. The molecular weight excluding hydrogens is 166 g/mol. The molecular formula is C10H13NO2. The fourth-order valence-corrected chi connectivity index (χ4v) is 1.60. The highest BCUT2D eigenvalue weighted by Gasteiger charge is 2.23. The Labute approximate surface area is 77.7 Å². The number of morpholine rings is 1. The van der Waals surface area contributed by atoms with Crippen LogP contribution in [0.3, 0.4) is 0 Å². The highest BCUT2D eigenvalue weighted by Crippen LogP contribution is 2.22. The number of rotatable bonds is 1. The van der Waals surface area contributed by atoms with E-state index in [-0.39, 0.29) is 4.65 Å². The maximum Gasteiger partial charge on any atom is 0.132 e. The lowest BCUT2D eigenvalue weighted by Crippen LogP contribution is -2.51. The third-order valence-corrected chi connectivity index (χ3v) is 2.42. The molecule has 0 aromatic heterocycles. The molecule has 0 bridgehead atoms. The molecule has 0 N–H and O–H groups in total. The summed E-state index contributed by atoms with van der Waals surface area (Å²) in [7, 11) is 0. The van der Waals surface area contributed by atoms with Crippen LogP contribution in [0.4, 0.5) is 5.69 Å². The Hall–Kier alpha value is -0.900. The van der Waals surface area contributed by atoms with Crippen LogP contribution >= 0.6 is 0 Å². The number of hydroxylamine groups is 2. The average molecular weight is 179 g/mol. The van der Waals surface area contributed by atoms with Crippen LogP contribution in [0.15, 0.2) is 30.3 Å². The highest BCUT2D eigenvalue weighted by molar-refractivity contribution is 5.43. The molecule has 1 heterocycles. The Morgan fingerprint density at radius 1 is 1.08 bits per heavy atom. The van der Waals surface area contributed by atoms with Gasteiger partial charge in [-0.3, -0.25) is 0 Å². The molecule has 0 spiro atoms. The summed E-state index contributed by atoms with van der Waals surface area (Å²) in [5.74, 6) is 0. The van der Waals surface area contributed by atoms with Gasteiger partial charge in [-0.05, 0) is 12.1 Å². The summed E-state index contributed by atoms with van der Waals surface area (Å²) in [5.41, 5.74) is 0.839. The monoisotopic (exact) mass is 179 g/mol.